The highest BCUT2D eigenvalue weighted by atomic mass is 32.1. The Kier molecular flexibility index (Phi) is 6.38. The quantitative estimate of drug-likeness (QED) is 0.291. The van der Waals surface area contributed by atoms with E-state index in [1.165, 1.54) is 47.0 Å². The van der Waals surface area contributed by atoms with Gasteiger partial charge in [-0.1, -0.05) is 35.6 Å². The van der Waals surface area contributed by atoms with Crippen molar-refractivity contribution >= 4 is 34.8 Å². The molecule has 1 atom stereocenters. The molecule has 2 heterocycles. The second-order valence-electron chi connectivity index (χ2n) is 7.51. The number of hydrogen-bond donors (Lipinski definition) is 0. The van der Waals surface area contributed by atoms with Crippen molar-refractivity contribution in [3.63, 3.8) is 0 Å². The standard InChI is InChI=1S/C23H18N4O7S/c1-3-34-22(29)19-13(2)24-23-25(20(19)15-7-5-9-17(12-15)27(32)33)21(28)18(35-23)11-14-6-4-8-16(10-14)26(30)31/h4-12,20H,3H2,1-2H3/b18-11-/t20-/m0/s1. The zero-order valence-electron chi connectivity index (χ0n) is 18.5. The number of carbonyl (C=O) groups excluding carboxylic acids is 1. The number of nitro groups is 2. The highest BCUT2D eigenvalue weighted by Gasteiger charge is 2.34. The molecule has 35 heavy (non-hydrogen) atoms. The lowest BCUT2D eigenvalue weighted by Gasteiger charge is -2.24. The van der Waals surface area contributed by atoms with E-state index in [1.807, 2.05) is 0 Å². The SMILES string of the molecule is CCOC(=O)C1=C(C)N=c2s/c(=C\c3cccc([N+](=O)[O-])c3)c(=O)n2[C@H]1c1cccc([N+](=O)[O-])c1. The predicted octanol–water partition coefficient (Wildman–Crippen LogP) is 2.61. The second-order valence-corrected chi connectivity index (χ2v) is 8.52. The minimum atomic E-state index is -1.00. The lowest BCUT2D eigenvalue weighted by molar-refractivity contribution is -0.385. The van der Waals surface area contributed by atoms with Gasteiger partial charge < -0.3 is 4.74 Å². The molecule has 0 unspecified atom stereocenters. The number of thiazole rings is 1. The van der Waals surface area contributed by atoms with E-state index in [1.54, 1.807) is 26.0 Å². The molecule has 0 bridgehead atoms. The Morgan fingerprint density at radius 1 is 1.14 bits per heavy atom. The van der Waals surface area contributed by atoms with Crippen LogP contribution in [0.1, 0.15) is 31.0 Å². The van der Waals surface area contributed by atoms with Gasteiger partial charge in [-0.05, 0) is 31.1 Å². The smallest absolute Gasteiger partial charge is 0.338 e. The van der Waals surface area contributed by atoms with Crippen molar-refractivity contribution in [1.82, 2.24) is 4.57 Å². The molecule has 1 aromatic heterocycles. The van der Waals surface area contributed by atoms with E-state index in [0.29, 0.717) is 16.8 Å². The van der Waals surface area contributed by atoms with E-state index < -0.39 is 27.4 Å². The third kappa shape index (κ3) is 4.51. The molecule has 1 aliphatic heterocycles. The van der Waals surface area contributed by atoms with Crippen molar-refractivity contribution in [2.75, 3.05) is 6.61 Å². The molecule has 0 aliphatic carbocycles. The molecule has 0 amide bonds. The van der Waals surface area contributed by atoms with Gasteiger partial charge in [-0.15, -0.1) is 0 Å². The number of esters is 1. The number of rotatable bonds is 6. The predicted molar refractivity (Wildman–Crippen MR) is 127 cm³/mol. The van der Waals surface area contributed by atoms with Gasteiger partial charge in [0.1, 0.15) is 0 Å². The van der Waals surface area contributed by atoms with Gasteiger partial charge in [-0.2, -0.15) is 0 Å². The zero-order chi connectivity index (χ0) is 25.3. The van der Waals surface area contributed by atoms with Crippen LogP contribution in [0.2, 0.25) is 0 Å². The van der Waals surface area contributed by atoms with Crippen molar-refractivity contribution in [2.45, 2.75) is 19.9 Å². The fraction of sp³-hybridized carbons (Fsp3) is 0.174. The number of ether oxygens (including phenoxy) is 1. The molecule has 0 fully saturated rings. The van der Waals surface area contributed by atoms with Gasteiger partial charge in [-0.3, -0.25) is 29.6 Å². The van der Waals surface area contributed by atoms with Crippen LogP contribution in [-0.2, 0) is 9.53 Å². The summed E-state index contributed by atoms with van der Waals surface area (Å²) in [5, 5.41) is 22.5. The molecule has 4 rings (SSSR count). The number of fused-ring (bicyclic) bond motifs is 1. The van der Waals surface area contributed by atoms with Crippen LogP contribution in [0, 0.1) is 20.2 Å². The summed E-state index contributed by atoms with van der Waals surface area (Å²) in [5.41, 5.74) is 0.397. The summed E-state index contributed by atoms with van der Waals surface area (Å²) >= 11 is 1.05. The average molecular weight is 494 g/mol. The van der Waals surface area contributed by atoms with Gasteiger partial charge in [0.2, 0.25) is 0 Å². The number of nitrogens with zero attached hydrogens (tertiary/aromatic N) is 4. The van der Waals surface area contributed by atoms with E-state index in [2.05, 4.69) is 4.99 Å². The van der Waals surface area contributed by atoms with Crippen LogP contribution in [0.25, 0.3) is 6.08 Å². The van der Waals surface area contributed by atoms with Crippen LogP contribution < -0.4 is 14.9 Å². The van der Waals surface area contributed by atoms with Crippen LogP contribution >= 0.6 is 11.3 Å². The Bertz CT molecular complexity index is 1590. The van der Waals surface area contributed by atoms with Crippen molar-refractivity contribution in [2.24, 2.45) is 4.99 Å². The molecule has 11 nitrogen and oxygen atoms in total. The van der Waals surface area contributed by atoms with Crippen molar-refractivity contribution in [1.29, 1.82) is 0 Å². The third-order valence-electron chi connectivity index (χ3n) is 5.29. The van der Waals surface area contributed by atoms with Gasteiger partial charge >= 0.3 is 5.97 Å². The summed E-state index contributed by atoms with van der Waals surface area (Å²) in [7, 11) is 0. The number of benzene rings is 2. The summed E-state index contributed by atoms with van der Waals surface area (Å²) in [6, 6.07) is 10.5. The molecule has 0 saturated heterocycles. The molecular formula is C23H18N4O7S. The van der Waals surface area contributed by atoms with Crippen LogP contribution in [0.5, 0.6) is 0 Å². The van der Waals surface area contributed by atoms with Crippen LogP contribution in [0.4, 0.5) is 11.4 Å². The first kappa shape index (κ1) is 23.7. The Balaban J connectivity index is 1.96. The van der Waals surface area contributed by atoms with Crippen LogP contribution in [-0.4, -0.2) is 27.0 Å². The maximum Gasteiger partial charge on any atom is 0.338 e. The van der Waals surface area contributed by atoms with E-state index in [4.69, 9.17) is 4.74 Å². The maximum absolute atomic E-state index is 13.5. The van der Waals surface area contributed by atoms with E-state index in [9.17, 15) is 29.8 Å². The van der Waals surface area contributed by atoms with Gasteiger partial charge in [0, 0.05) is 24.3 Å². The summed E-state index contributed by atoms with van der Waals surface area (Å²) in [6.07, 6.45) is 1.50. The number of nitro benzene ring substituents is 2. The minimum Gasteiger partial charge on any atom is -0.463 e. The molecule has 0 N–H and O–H groups in total. The third-order valence-corrected chi connectivity index (χ3v) is 6.28. The van der Waals surface area contributed by atoms with Gasteiger partial charge in [0.25, 0.3) is 16.9 Å². The summed E-state index contributed by atoms with van der Waals surface area (Å²) in [6.45, 7) is 3.34. The monoisotopic (exact) mass is 494 g/mol. The normalized spacial score (nSPS) is 15.4. The summed E-state index contributed by atoms with van der Waals surface area (Å²) < 4.78 is 6.73. The summed E-state index contributed by atoms with van der Waals surface area (Å²) in [5.74, 6) is -0.682. The number of aromatic nitrogens is 1. The first-order chi connectivity index (χ1) is 16.7. The number of hydrogen-bond acceptors (Lipinski definition) is 9. The lowest BCUT2D eigenvalue weighted by atomic mass is 9.95. The van der Waals surface area contributed by atoms with E-state index in [0.717, 1.165) is 11.3 Å². The molecular weight excluding hydrogens is 476 g/mol. The molecule has 3 aromatic rings. The molecule has 2 aromatic carbocycles. The summed E-state index contributed by atoms with van der Waals surface area (Å²) in [4.78, 5) is 52.5. The fourth-order valence-corrected chi connectivity index (χ4v) is 4.84. The molecule has 0 radical (unpaired) electrons. The Hall–Kier alpha value is -4.45. The average Bonchev–Trinajstić information content (AvgIpc) is 3.12. The minimum absolute atomic E-state index is 0.0917. The first-order valence-corrected chi connectivity index (χ1v) is 11.2. The fourth-order valence-electron chi connectivity index (χ4n) is 3.79. The second kappa shape index (κ2) is 9.43. The maximum atomic E-state index is 13.5. The largest absolute Gasteiger partial charge is 0.463 e. The van der Waals surface area contributed by atoms with Gasteiger partial charge in [0.15, 0.2) is 4.80 Å². The topological polar surface area (TPSA) is 147 Å². The Labute approximate surface area is 201 Å². The molecule has 0 saturated carbocycles. The zero-order valence-corrected chi connectivity index (χ0v) is 19.4. The number of allylic oxidation sites excluding steroid dienone is 1. The number of non-ortho nitro benzene ring substituents is 2. The molecule has 12 heteroatoms. The van der Waals surface area contributed by atoms with Crippen LogP contribution in [0.3, 0.4) is 0 Å². The number of carbonyl (C=O) groups is 1. The Morgan fingerprint density at radius 3 is 2.46 bits per heavy atom. The first-order valence-electron chi connectivity index (χ1n) is 10.4. The Morgan fingerprint density at radius 2 is 1.80 bits per heavy atom. The molecule has 0 spiro atoms. The lowest BCUT2D eigenvalue weighted by Crippen LogP contribution is -2.40. The van der Waals surface area contributed by atoms with E-state index >= 15 is 0 Å². The van der Waals surface area contributed by atoms with Crippen molar-refractivity contribution in [3.8, 4) is 0 Å². The van der Waals surface area contributed by atoms with E-state index in [-0.39, 0.29) is 32.9 Å². The molecule has 1 aliphatic rings. The van der Waals surface area contributed by atoms with Gasteiger partial charge in [0.05, 0.1) is 38.3 Å². The van der Waals surface area contributed by atoms with Crippen LogP contribution in [0.15, 0.2) is 69.6 Å². The highest BCUT2D eigenvalue weighted by molar-refractivity contribution is 7.07. The van der Waals surface area contributed by atoms with Crippen molar-refractivity contribution < 1.29 is 19.4 Å². The van der Waals surface area contributed by atoms with Gasteiger partial charge in [-0.25, -0.2) is 9.79 Å². The highest BCUT2D eigenvalue weighted by Crippen LogP contribution is 2.32. The molecule has 178 valence electrons. The van der Waals surface area contributed by atoms with Crippen molar-refractivity contribution in [3.05, 3.63) is 111 Å².